The van der Waals surface area contributed by atoms with Crippen LogP contribution in [-0.2, 0) is 10.8 Å². The number of hydrogen-bond donors (Lipinski definition) is 0. The molecule has 0 unspecified atom stereocenters. The van der Waals surface area contributed by atoms with Gasteiger partial charge in [-0.25, -0.2) is 0 Å². The maximum atomic E-state index is 2.56. The van der Waals surface area contributed by atoms with Crippen molar-refractivity contribution in [3.63, 3.8) is 0 Å². The summed E-state index contributed by atoms with van der Waals surface area (Å²) in [4.78, 5) is 0. The van der Waals surface area contributed by atoms with E-state index in [-0.39, 0.29) is 10.8 Å². The molecular weight excluding hydrogens is 625 g/mol. The molecular formula is C52H38. The molecule has 0 bridgehead atoms. The van der Waals surface area contributed by atoms with Gasteiger partial charge in [0.2, 0.25) is 0 Å². The van der Waals surface area contributed by atoms with Crippen LogP contribution in [-0.4, -0.2) is 0 Å². The molecule has 0 radical (unpaired) electrons. The minimum Gasteiger partial charge on any atom is -0.0622 e. The summed E-state index contributed by atoms with van der Waals surface area (Å²) in [6.45, 7) is 9.65. The van der Waals surface area contributed by atoms with Crippen LogP contribution in [0.2, 0.25) is 0 Å². The van der Waals surface area contributed by atoms with Gasteiger partial charge < -0.3 is 0 Å². The third-order valence-electron chi connectivity index (χ3n) is 12.6. The second kappa shape index (κ2) is 10.3. The van der Waals surface area contributed by atoms with Crippen molar-refractivity contribution >= 4 is 43.1 Å². The Labute approximate surface area is 305 Å². The number of benzene rings is 9. The van der Waals surface area contributed by atoms with Crippen LogP contribution in [0, 0.1) is 0 Å². The normalized spacial score (nSPS) is 14.8. The first-order valence-electron chi connectivity index (χ1n) is 18.6. The first-order chi connectivity index (χ1) is 25.3. The summed E-state index contributed by atoms with van der Waals surface area (Å²) < 4.78 is 0. The van der Waals surface area contributed by atoms with Crippen LogP contribution < -0.4 is 0 Å². The van der Waals surface area contributed by atoms with Gasteiger partial charge in [-0.3, -0.25) is 0 Å². The van der Waals surface area contributed by atoms with Crippen molar-refractivity contribution < 1.29 is 0 Å². The number of hydrogen-bond acceptors (Lipinski definition) is 0. The van der Waals surface area contributed by atoms with Crippen molar-refractivity contribution in [2.24, 2.45) is 0 Å². The van der Waals surface area contributed by atoms with Crippen molar-refractivity contribution in [2.45, 2.75) is 38.5 Å². The number of rotatable bonds is 2. The van der Waals surface area contributed by atoms with Crippen LogP contribution >= 0.6 is 0 Å². The Morgan fingerprint density at radius 1 is 0.288 bits per heavy atom. The van der Waals surface area contributed by atoms with E-state index in [9.17, 15) is 0 Å². The van der Waals surface area contributed by atoms with Crippen LogP contribution in [0.25, 0.3) is 87.6 Å². The zero-order valence-corrected chi connectivity index (χ0v) is 30.0. The molecule has 0 N–H and O–H groups in total. The first kappa shape index (κ1) is 29.7. The molecule has 52 heavy (non-hydrogen) atoms. The molecule has 0 heteroatoms. The Bertz CT molecular complexity index is 2770. The summed E-state index contributed by atoms with van der Waals surface area (Å²) in [5.74, 6) is 0. The zero-order chi connectivity index (χ0) is 34.9. The third-order valence-corrected chi connectivity index (χ3v) is 12.6. The molecule has 0 saturated carbocycles. The van der Waals surface area contributed by atoms with E-state index in [0.29, 0.717) is 0 Å². The minimum atomic E-state index is -0.138. The Balaban J connectivity index is 1.32. The summed E-state index contributed by atoms with van der Waals surface area (Å²) in [5.41, 5.74) is 15.9. The summed E-state index contributed by atoms with van der Waals surface area (Å²) >= 11 is 0. The molecule has 0 aliphatic heterocycles. The fourth-order valence-electron chi connectivity index (χ4n) is 9.88. The second-order valence-corrected chi connectivity index (χ2v) is 16.1. The van der Waals surface area contributed by atoms with E-state index >= 15 is 0 Å². The van der Waals surface area contributed by atoms with E-state index in [4.69, 9.17) is 0 Å². The van der Waals surface area contributed by atoms with E-state index in [1.807, 2.05) is 0 Å². The predicted octanol–water partition coefficient (Wildman–Crippen LogP) is 14.2. The molecule has 9 aromatic carbocycles. The quantitative estimate of drug-likeness (QED) is 0.162. The molecule has 0 fully saturated rings. The van der Waals surface area contributed by atoms with Crippen LogP contribution in [0.3, 0.4) is 0 Å². The van der Waals surface area contributed by atoms with Gasteiger partial charge in [0.25, 0.3) is 0 Å². The van der Waals surface area contributed by atoms with Crippen LogP contribution in [0.15, 0.2) is 158 Å². The van der Waals surface area contributed by atoms with Gasteiger partial charge in [-0.05, 0) is 158 Å². The lowest BCUT2D eigenvalue weighted by atomic mass is 9.77. The molecule has 0 heterocycles. The first-order valence-corrected chi connectivity index (χ1v) is 18.6. The fourth-order valence-corrected chi connectivity index (χ4v) is 9.88. The highest BCUT2D eigenvalue weighted by Gasteiger charge is 2.39. The van der Waals surface area contributed by atoms with Crippen LogP contribution in [0.5, 0.6) is 0 Å². The van der Waals surface area contributed by atoms with E-state index in [0.717, 1.165) is 0 Å². The molecule has 0 spiro atoms. The van der Waals surface area contributed by atoms with Crippen molar-refractivity contribution in [3.8, 4) is 44.5 Å². The molecule has 9 aromatic rings. The SMILES string of the molecule is CC1(C)c2cc3ccccc3cc2-c2cc3c(-c4ccccc4)c4cc5c(cc4c(-c4ccccc4)c3cc21)-c1cc2ccccc2cc1C5(C)C. The van der Waals surface area contributed by atoms with Crippen molar-refractivity contribution in [1.29, 1.82) is 0 Å². The largest absolute Gasteiger partial charge is 0.0622 e. The maximum Gasteiger partial charge on any atom is 0.0159 e. The van der Waals surface area contributed by atoms with Crippen molar-refractivity contribution in [3.05, 3.63) is 180 Å². The maximum absolute atomic E-state index is 2.56. The minimum absolute atomic E-state index is 0.138. The average Bonchev–Trinajstić information content (AvgIpc) is 3.51. The monoisotopic (exact) mass is 662 g/mol. The van der Waals surface area contributed by atoms with Gasteiger partial charge >= 0.3 is 0 Å². The van der Waals surface area contributed by atoms with Gasteiger partial charge in [-0.15, -0.1) is 0 Å². The van der Waals surface area contributed by atoms with E-state index in [2.05, 4.69) is 185 Å². The highest BCUT2D eigenvalue weighted by Crippen LogP contribution is 2.57. The molecule has 0 atom stereocenters. The van der Waals surface area contributed by atoms with Crippen molar-refractivity contribution in [1.82, 2.24) is 0 Å². The lowest BCUT2D eigenvalue weighted by molar-refractivity contribution is 0.662. The molecule has 0 aromatic heterocycles. The molecule has 0 nitrogen and oxygen atoms in total. The van der Waals surface area contributed by atoms with Gasteiger partial charge in [-0.2, -0.15) is 0 Å². The third kappa shape index (κ3) is 3.93. The van der Waals surface area contributed by atoms with Gasteiger partial charge in [-0.1, -0.05) is 137 Å². The van der Waals surface area contributed by atoms with Gasteiger partial charge in [0.15, 0.2) is 0 Å². The molecule has 246 valence electrons. The summed E-state index contributed by atoms with van der Waals surface area (Å²) in [7, 11) is 0. The Kier molecular flexibility index (Phi) is 5.89. The van der Waals surface area contributed by atoms with Crippen LogP contribution in [0.4, 0.5) is 0 Å². The molecule has 0 amide bonds. The smallest absolute Gasteiger partial charge is 0.0159 e. The van der Waals surface area contributed by atoms with Gasteiger partial charge in [0.05, 0.1) is 0 Å². The molecule has 2 aliphatic carbocycles. The Hall–Kier alpha value is -5.98. The highest BCUT2D eigenvalue weighted by atomic mass is 14.4. The van der Waals surface area contributed by atoms with Gasteiger partial charge in [0, 0.05) is 10.8 Å². The summed E-state index contributed by atoms with van der Waals surface area (Å²) in [5, 5.41) is 10.5. The Morgan fingerprint density at radius 2 is 0.577 bits per heavy atom. The summed E-state index contributed by atoms with van der Waals surface area (Å²) in [6, 6.07) is 59.8. The lowest BCUT2D eigenvalue weighted by Gasteiger charge is -2.25. The van der Waals surface area contributed by atoms with Gasteiger partial charge in [0.1, 0.15) is 0 Å². The fraction of sp³-hybridized carbons (Fsp3) is 0.115. The average molecular weight is 663 g/mol. The zero-order valence-electron chi connectivity index (χ0n) is 30.0. The van der Waals surface area contributed by atoms with E-state index < -0.39 is 0 Å². The van der Waals surface area contributed by atoms with E-state index in [1.165, 1.54) is 110 Å². The summed E-state index contributed by atoms with van der Waals surface area (Å²) in [6.07, 6.45) is 0. The predicted molar refractivity (Wildman–Crippen MR) is 222 cm³/mol. The topological polar surface area (TPSA) is 0 Å². The Morgan fingerprint density at radius 3 is 0.962 bits per heavy atom. The van der Waals surface area contributed by atoms with Crippen molar-refractivity contribution in [2.75, 3.05) is 0 Å². The van der Waals surface area contributed by atoms with E-state index in [1.54, 1.807) is 0 Å². The molecule has 11 rings (SSSR count). The lowest BCUT2D eigenvalue weighted by Crippen LogP contribution is -2.15. The highest BCUT2D eigenvalue weighted by molar-refractivity contribution is 6.23. The number of fused-ring (bicyclic) bond motifs is 10. The van der Waals surface area contributed by atoms with Crippen LogP contribution in [0.1, 0.15) is 49.9 Å². The molecule has 2 aliphatic rings. The second-order valence-electron chi connectivity index (χ2n) is 16.1. The standard InChI is InChI=1S/C52H38/c1-51(2)45-25-35-21-13-11-19-33(35)23-37(45)39-27-41-43(29-47(39)51)49(31-15-7-5-8-16-31)42-28-40-38-24-34-20-12-14-22-36(34)26-46(38)52(3,4)48(40)30-44(42)50(41)32-17-9-6-10-18-32/h5-30H,1-4H3. The molecule has 0 saturated heterocycles.